The second-order valence-corrected chi connectivity index (χ2v) is 3.07. The summed E-state index contributed by atoms with van der Waals surface area (Å²) in [6.45, 7) is 0.794. The molecule has 0 aliphatic rings. The van der Waals surface area contributed by atoms with Crippen molar-refractivity contribution < 1.29 is 4.42 Å². The highest BCUT2D eigenvalue weighted by molar-refractivity contribution is 7.71. The molecule has 2 heterocycles. The van der Waals surface area contributed by atoms with Gasteiger partial charge < -0.3 is 8.98 Å². The predicted octanol–water partition coefficient (Wildman–Crippen LogP) is 1.78. The van der Waals surface area contributed by atoms with Crippen molar-refractivity contribution in [1.82, 2.24) is 14.8 Å². The molecular formula is C8H9N3OS. The molecule has 0 fully saturated rings. The maximum atomic E-state index is 5.19. The molecule has 0 aliphatic heterocycles. The summed E-state index contributed by atoms with van der Waals surface area (Å²) in [6, 6.07) is 3.83. The van der Waals surface area contributed by atoms with E-state index >= 15 is 0 Å². The molecule has 0 aromatic carbocycles. The first-order valence-corrected chi connectivity index (χ1v) is 4.39. The zero-order valence-corrected chi connectivity index (χ0v) is 7.75. The molecule has 2 rings (SSSR count). The van der Waals surface area contributed by atoms with Crippen LogP contribution in [-0.2, 0) is 13.0 Å². The third-order valence-corrected chi connectivity index (χ3v) is 2.12. The van der Waals surface area contributed by atoms with Crippen LogP contribution in [0.25, 0.3) is 0 Å². The number of H-pyrrole nitrogens is 1. The SMILES string of the molecule is S=c1[nH]ncn1CCc1ccco1. The van der Waals surface area contributed by atoms with Gasteiger partial charge in [0.15, 0.2) is 4.77 Å². The summed E-state index contributed by atoms with van der Waals surface area (Å²) in [7, 11) is 0. The van der Waals surface area contributed by atoms with E-state index in [9.17, 15) is 0 Å². The highest BCUT2D eigenvalue weighted by Gasteiger charge is 1.97. The Morgan fingerprint density at radius 1 is 1.62 bits per heavy atom. The summed E-state index contributed by atoms with van der Waals surface area (Å²) >= 11 is 4.99. The fourth-order valence-corrected chi connectivity index (χ4v) is 1.31. The largest absolute Gasteiger partial charge is 0.469 e. The summed E-state index contributed by atoms with van der Waals surface area (Å²) in [4.78, 5) is 0. The molecule has 1 N–H and O–H groups in total. The maximum absolute atomic E-state index is 5.19. The average Bonchev–Trinajstić information content (AvgIpc) is 2.72. The van der Waals surface area contributed by atoms with Crippen molar-refractivity contribution >= 4 is 12.2 Å². The summed E-state index contributed by atoms with van der Waals surface area (Å²) < 4.78 is 7.71. The van der Waals surface area contributed by atoms with Gasteiger partial charge in [-0.15, -0.1) is 0 Å². The van der Waals surface area contributed by atoms with Crippen molar-refractivity contribution in [1.29, 1.82) is 0 Å². The fourth-order valence-electron chi connectivity index (χ4n) is 1.12. The van der Waals surface area contributed by atoms with Gasteiger partial charge in [0.05, 0.1) is 6.26 Å². The lowest BCUT2D eigenvalue weighted by atomic mass is 10.3. The van der Waals surface area contributed by atoms with Crippen LogP contribution < -0.4 is 0 Å². The minimum Gasteiger partial charge on any atom is -0.469 e. The van der Waals surface area contributed by atoms with Crippen molar-refractivity contribution in [3.63, 3.8) is 0 Å². The van der Waals surface area contributed by atoms with Crippen molar-refractivity contribution in [3.8, 4) is 0 Å². The highest BCUT2D eigenvalue weighted by Crippen LogP contribution is 2.02. The molecule has 0 atom stereocenters. The van der Waals surface area contributed by atoms with E-state index in [2.05, 4.69) is 10.2 Å². The number of aryl methyl sites for hydroxylation is 2. The zero-order chi connectivity index (χ0) is 9.10. The Morgan fingerprint density at radius 2 is 2.54 bits per heavy atom. The lowest BCUT2D eigenvalue weighted by Gasteiger charge is -1.97. The van der Waals surface area contributed by atoms with Crippen LogP contribution in [0.1, 0.15) is 5.76 Å². The summed E-state index contributed by atoms with van der Waals surface area (Å²) in [6.07, 6.45) is 4.19. The first kappa shape index (κ1) is 8.25. The third-order valence-electron chi connectivity index (χ3n) is 1.80. The van der Waals surface area contributed by atoms with Crippen LogP contribution >= 0.6 is 12.2 Å². The van der Waals surface area contributed by atoms with Gasteiger partial charge in [-0.1, -0.05) is 0 Å². The van der Waals surface area contributed by atoms with Crippen molar-refractivity contribution in [2.45, 2.75) is 13.0 Å². The number of nitrogens with zero attached hydrogens (tertiary/aromatic N) is 2. The third kappa shape index (κ3) is 1.86. The molecule has 0 saturated heterocycles. The first-order valence-electron chi connectivity index (χ1n) is 3.98. The number of rotatable bonds is 3. The molecule has 2 aromatic rings. The van der Waals surface area contributed by atoms with Crippen molar-refractivity contribution in [2.75, 3.05) is 0 Å². The number of hydrogen-bond acceptors (Lipinski definition) is 3. The van der Waals surface area contributed by atoms with Crippen molar-refractivity contribution in [2.24, 2.45) is 0 Å². The lowest BCUT2D eigenvalue weighted by Crippen LogP contribution is -1.98. The van der Waals surface area contributed by atoms with Crippen LogP contribution in [0.2, 0.25) is 0 Å². The van der Waals surface area contributed by atoms with Crippen LogP contribution in [0.5, 0.6) is 0 Å². The second kappa shape index (κ2) is 3.57. The van der Waals surface area contributed by atoms with Crippen LogP contribution in [0.4, 0.5) is 0 Å². The molecule has 13 heavy (non-hydrogen) atoms. The molecule has 0 bridgehead atoms. The van der Waals surface area contributed by atoms with Crippen LogP contribution in [0.3, 0.4) is 0 Å². The molecule has 2 aromatic heterocycles. The summed E-state index contributed by atoms with van der Waals surface area (Å²) in [5, 5.41) is 6.52. The van der Waals surface area contributed by atoms with Gasteiger partial charge in [-0.05, 0) is 24.4 Å². The molecule has 68 valence electrons. The summed E-state index contributed by atoms with van der Waals surface area (Å²) in [5.41, 5.74) is 0. The topological polar surface area (TPSA) is 46.8 Å². The molecule has 0 saturated carbocycles. The van der Waals surface area contributed by atoms with E-state index in [0.29, 0.717) is 4.77 Å². The van der Waals surface area contributed by atoms with E-state index in [1.165, 1.54) is 0 Å². The van der Waals surface area contributed by atoms with Gasteiger partial charge in [0, 0.05) is 13.0 Å². The van der Waals surface area contributed by atoms with Crippen molar-refractivity contribution in [3.05, 3.63) is 35.3 Å². The molecule has 5 heteroatoms. The minimum atomic E-state index is 0.645. The van der Waals surface area contributed by atoms with Gasteiger partial charge in [0.25, 0.3) is 0 Å². The number of aromatic nitrogens is 3. The monoisotopic (exact) mass is 195 g/mol. The van der Waals surface area contributed by atoms with Gasteiger partial charge in [-0.2, -0.15) is 5.10 Å². The number of aromatic amines is 1. The van der Waals surface area contributed by atoms with Crippen LogP contribution in [-0.4, -0.2) is 14.8 Å². The molecular weight excluding hydrogens is 186 g/mol. The Morgan fingerprint density at radius 3 is 3.15 bits per heavy atom. The number of hydrogen-bond donors (Lipinski definition) is 1. The Labute approximate surface area is 80.2 Å². The fraction of sp³-hybridized carbons (Fsp3) is 0.250. The quantitative estimate of drug-likeness (QED) is 0.759. The van der Waals surface area contributed by atoms with Crippen LogP contribution in [0.15, 0.2) is 29.1 Å². The average molecular weight is 195 g/mol. The van der Waals surface area contributed by atoms with E-state index in [4.69, 9.17) is 16.6 Å². The standard InChI is InChI=1S/C8H9N3OS/c13-8-10-9-6-11(8)4-3-7-2-1-5-12-7/h1-2,5-6H,3-4H2,(H,10,13). The predicted molar refractivity (Wildman–Crippen MR) is 49.8 cm³/mol. The zero-order valence-electron chi connectivity index (χ0n) is 6.93. The molecule has 0 aliphatic carbocycles. The molecule has 4 nitrogen and oxygen atoms in total. The minimum absolute atomic E-state index is 0.645. The smallest absolute Gasteiger partial charge is 0.194 e. The normalized spacial score (nSPS) is 10.5. The Bertz CT molecular complexity index is 415. The highest BCUT2D eigenvalue weighted by atomic mass is 32.1. The molecule has 0 unspecified atom stereocenters. The van der Waals surface area contributed by atoms with E-state index in [1.54, 1.807) is 12.6 Å². The Balaban J connectivity index is 2.01. The van der Waals surface area contributed by atoms with Gasteiger partial charge in [-0.3, -0.25) is 5.10 Å². The maximum Gasteiger partial charge on any atom is 0.194 e. The van der Waals surface area contributed by atoms with Gasteiger partial charge in [-0.25, -0.2) is 0 Å². The molecule has 0 radical (unpaired) electrons. The van der Waals surface area contributed by atoms with Gasteiger partial charge in [0.1, 0.15) is 12.1 Å². The summed E-state index contributed by atoms with van der Waals surface area (Å²) in [5.74, 6) is 0.961. The van der Waals surface area contributed by atoms with Gasteiger partial charge >= 0.3 is 0 Å². The molecule has 0 spiro atoms. The first-order chi connectivity index (χ1) is 6.36. The van der Waals surface area contributed by atoms with E-state index in [0.717, 1.165) is 18.7 Å². The molecule has 0 amide bonds. The van der Waals surface area contributed by atoms with Gasteiger partial charge in [0.2, 0.25) is 0 Å². The Kier molecular flexibility index (Phi) is 2.27. The number of furan rings is 1. The van der Waals surface area contributed by atoms with Crippen LogP contribution in [0, 0.1) is 4.77 Å². The van der Waals surface area contributed by atoms with E-state index in [-0.39, 0.29) is 0 Å². The van der Waals surface area contributed by atoms with E-state index < -0.39 is 0 Å². The second-order valence-electron chi connectivity index (χ2n) is 2.68. The Hall–Kier alpha value is -1.36. The number of nitrogens with one attached hydrogen (secondary N) is 1. The lowest BCUT2D eigenvalue weighted by molar-refractivity contribution is 0.490. The van der Waals surface area contributed by atoms with E-state index in [1.807, 2.05) is 16.7 Å².